The van der Waals surface area contributed by atoms with Crippen LogP contribution in [0.15, 0.2) is 17.0 Å². The lowest BCUT2D eigenvalue weighted by Crippen LogP contribution is -2.34. The molecule has 118 valence electrons. The number of rotatable bonds is 7. The minimum atomic E-state index is -3.93. The first-order valence-electron chi connectivity index (χ1n) is 6.39. The number of hydrogen-bond acceptors (Lipinski definition) is 4. The van der Waals surface area contributed by atoms with Gasteiger partial charge in [-0.05, 0) is 25.0 Å². The van der Waals surface area contributed by atoms with Crippen molar-refractivity contribution in [2.75, 3.05) is 7.11 Å². The van der Waals surface area contributed by atoms with E-state index in [1.165, 1.54) is 13.2 Å². The van der Waals surface area contributed by atoms with Crippen LogP contribution in [0.4, 0.5) is 0 Å². The molecule has 0 amide bonds. The summed E-state index contributed by atoms with van der Waals surface area (Å²) in [7, 11) is -2.71. The lowest BCUT2D eigenvalue weighted by molar-refractivity contribution is 0.0693. The normalized spacial score (nSPS) is 11.7. The summed E-state index contributed by atoms with van der Waals surface area (Å²) in [6.07, 6.45) is 1.23. The summed E-state index contributed by atoms with van der Waals surface area (Å²) in [5.41, 5.74) is -0.296. The van der Waals surface area contributed by atoms with Crippen LogP contribution in [-0.4, -0.2) is 32.6 Å². The zero-order valence-electron chi connectivity index (χ0n) is 12.0. The summed E-state index contributed by atoms with van der Waals surface area (Å²) in [5.74, 6) is -1.54. The highest BCUT2D eigenvalue weighted by molar-refractivity contribution is 7.89. The second kappa shape index (κ2) is 7.11. The fraction of sp³-hybridized carbons (Fsp3) is 0.462. The predicted molar refractivity (Wildman–Crippen MR) is 79.7 cm³/mol. The van der Waals surface area contributed by atoms with Crippen molar-refractivity contribution in [1.82, 2.24) is 4.72 Å². The van der Waals surface area contributed by atoms with E-state index in [0.29, 0.717) is 12.8 Å². The lowest BCUT2D eigenvalue weighted by Gasteiger charge is -2.17. The first-order valence-corrected chi connectivity index (χ1v) is 8.26. The van der Waals surface area contributed by atoms with Gasteiger partial charge < -0.3 is 9.84 Å². The third-order valence-electron chi connectivity index (χ3n) is 3.05. The smallest absolute Gasteiger partial charge is 0.339 e. The largest absolute Gasteiger partial charge is 0.494 e. The first-order chi connectivity index (χ1) is 9.76. The van der Waals surface area contributed by atoms with Crippen molar-refractivity contribution in [1.29, 1.82) is 0 Å². The van der Waals surface area contributed by atoms with Crippen molar-refractivity contribution >= 4 is 27.6 Å². The van der Waals surface area contributed by atoms with Gasteiger partial charge in [0, 0.05) is 11.1 Å². The van der Waals surface area contributed by atoms with Gasteiger partial charge in [-0.25, -0.2) is 17.9 Å². The minimum absolute atomic E-state index is 0.0121. The number of carboxylic acids is 1. The summed E-state index contributed by atoms with van der Waals surface area (Å²) >= 11 is 5.82. The van der Waals surface area contributed by atoms with E-state index in [1.807, 2.05) is 13.8 Å². The maximum Gasteiger partial charge on any atom is 0.339 e. The summed E-state index contributed by atoms with van der Waals surface area (Å²) in [6, 6.07) is 2.09. The molecule has 1 aromatic carbocycles. The number of halogens is 1. The van der Waals surface area contributed by atoms with Crippen molar-refractivity contribution in [2.24, 2.45) is 0 Å². The fourth-order valence-corrected chi connectivity index (χ4v) is 3.78. The standard InChI is InChI=1S/C13H18ClNO5S/c1-4-9(5-2)15-21(18,19)11-7-8(14)6-10(13(16)17)12(11)20-3/h6-7,9,15H,4-5H2,1-3H3,(H,16,17). The molecular weight excluding hydrogens is 318 g/mol. The number of aromatic carboxylic acids is 1. The number of sulfonamides is 1. The van der Waals surface area contributed by atoms with Crippen molar-refractivity contribution < 1.29 is 23.1 Å². The molecule has 0 spiro atoms. The molecule has 6 nitrogen and oxygen atoms in total. The van der Waals surface area contributed by atoms with Gasteiger partial charge in [0.15, 0.2) is 5.75 Å². The van der Waals surface area contributed by atoms with Crippen LogP contribution in [-0.2, 0) is 10.0 Å². The molecule has 0 aliphatic heterocycles. The molecule has 0 unspecified atom stereocenters. The van der Waals surface area contributed by atoms with E-state index in [-0.39, 0.29) is 27.3 Å². The summed E-state index contributed by atoms with van der Waals surface area (Å²) in [6.45, 7) is 3.71. The van der Waals surface area contributed by atoms with Gasteiger partial charge in [0.1, 0.15) is 10.5 Å². The molecule has 2 N–H and O–H groups in total. The van der Waals surface area contributed by atoms with Crippen LogP contribution in [0.3, 0.4) is 0 Å². The zero-order valence-corrected chi connectivity index (χ0v) is 13.6. The van der Waals surface area contributed by atoms with Gasteiger partial charge >= 0.3 is 5.97 Å². The van der Waals surface area contributed by atoms with E-state index < -0.39 is 16.0 Å². The first kappa shape index (κ1) is 17.7. The van der Waals surface area contributed by atoms with Gasteiger partial charge in [-0.15, -0.1) is 0 Å². The van der Waals surface area contributed by atoms with Crippen molar-refractivity contribution in [3.63, 3.8) is 0 Å². The topological polar surface area (TPSA) is 92.7 Å². The Morgan fingerprint density at radius 2 is 1.95 bits per heavy atom. The number of ether oxygens (including phenoxy) is 1. The van der Waals surface area contributed by atoms with Crippen LogP contribution < -0.4 is 9.46 Å². The Labute approximate surface area is 129 Å². The van der Waals surface area contributed by atoms with Gasteiger partial charge in [-0.1, -0.05) is 25.4 Å². The molecule has 8 heteroatoms. The molecule has 0 aliphatic rings. The van der Waals surface area contributed by atoms with Gasteiger partial charge in [-0.2, -0.15) is 0 Å². The Morgan fingerprint density at radius 1 is 1.38 bits per heavy atom. The molecule has 0 saturated heterocycles. The molecule has 0 aromatic heterocycles. The Balaban J connectivity index is 3.44. The highest BCUT2D eigenvalue weighted by atomic mass is 35.5. The maximum atomic E-state index is 12.4. The summed E-state index contributed by atoms with van der Waals surface area (Å²) in [5, 5.41) is 9.14. The molecule has 21 heavy (non-hydrogen) atoms. The molecule has 0 saturated carbocycles. The number of hydrogen-bond donors (Lipinski definition) is 2. The minimum Gasteiger partial charge on any atom is -0.494 e. The maximum absolute atomic E-state index is 12.4. The van der Waals surface area contributed by atoms with E-state index >= 15 is 0 Å². The van der Waals surface area contributed by atoms with E-state index in [9.17, 15) is 13.2 Å². The zero-order chi connectivity index (χ0) is 16.2. The van der Waals surface area contributed by atoms with Crippen LogP contribution >= 0.6 is 11.6 Å². The van der Waals surface area contributed by atoms with Gasteiger partial charge in [0.05, 0.1) is 7.11 Å². The average Bonchev–Trinajstić information content (AvgIpc) is 2.43. The van der Waals surface area contributed by atoms with Gasteiger partial charge in [0.25, 0.3) is 0 Å². The van der Waals surface area contributed by atoms with Crippen LogP contribution in [0.5, 0.6) is 5.75 Å². The third kappa shape index (κ3) is 4.09. The second-order valence-corrected chi connectivity index (χ2v) is 6.54. The average molecular weight is 336 g/mol. The fourth-order valence-electron chi connectivity index (χ4n) is 1.88. The van der Waals surface area contributed by atoms with Crippen molar-refractivity contribution in [3.05, 3.63) is 22.7 Å². The van der Waals surface area contributed by atoms with E-state index in [2.05, 4.69) is 4.72 Å². The molecule has 0 radical (unpaired) electrons. The van der Waals surface area contributed by atoms with E-state index in [0.717, 1.165) is 6.07 Å². The summed E-state index contributed by atoms with van der Waals surface area (Å²) < 4.78 is 32.3. The van der Waals surface area contributed by atoms with Gasteiger partial charge in [-0.3, -0.25) is 0 Å². The Bertz CT molecular complexity index is 626. The number of carboxylic acid groups (broad SMARTS) is 1. The highest BCUT2D eigenvalue weighted by Crippen LogP contribution is 2.32. The molecule has 0 bridgehead atoms. The van der Waals surface area contributed by atoms with Crippen LogP contribution in [0.1, 0.15) is 37.0 Å². The van der Waals surface area contributed by atoms with E-state index in [1.54, 1.807) is 0 Å². The lowest BCUT2D eigenvalue weighted by atomic mass is 10.2. The monoisotopic (exact) mass is 335 g/mol. The van der Waals surface area contributed by atoms with E-state index in [4.69, 9.17) is 21.4 Å². The van der Waals surface area contributed by atoms with Crippen LogP contribution in [0.25, 0.3) is 0 Å². The highest BCUT2D eigenvalue weighted by Gasteiger charge is 2.27. The Morgan fingerprint density at radius 3 is 2.38 bits per heavy atom. The number of nitrogens with one attached hydrogen (secondary N) is 1. The SMILES string of the molecule is CCC(CC)NS(=O)(=O)c1cc(Cl)cc(C(=O)O)c1OC. The molecule has 1 rings (SSSR count). The van der Waals surface area contributed by atoms with Gasteiger partial charge in [0.2, 0.25) is 10.0 Å². The predicted octanol–water partition coefficient (Wildman–Crippen LogP) is 2.51. The quantitative estimate of drug-likeness (QED) is 0.798. The molecular formula is C13H18ClNO5S. The Hall–Kier alpha value is -1.31. The number of benzene rings is 1. The van der Waals surface area contributed by atoms with Crippen LogP contribution in [0.2, 0.25) is 5.02 Å². The third-order valence-corrected chi connectivity index (χ3v) is 4.80. The van der Waals surface area contributed by atoms with Crippen LogP contribution in [0, 0.1) is 0 Å². The summed E-state index contributed by atoms with van der Waals surface area (Å²) in [4.78, 5) is 10.9. The molecule has 1 aromatic rings. The second-order valence-electron chi connectivity index (χ2n) is 4.42. The van der Waals surface area contributed by atoms with Crippen molar-refractivity contribution in [3.8, 4) is 5.75 Å². The Kier molecular flexibility index (Phi) is 6.00. The molecule has 0 fully saturated rings. The number of methoxy groups -OCH3 is 1. The molecule has 0 heterocycles. The van der Waals surface area contributed by atoms with Crippen molar-refractivity contribution in [2.45, 2.75) is 37.6 Å². The number of carbonyl (C=O) groups is 1. The molecule has 0 aliphatic carbocycles. The molecule has 0 atom stereocenters.